The fraction of sp³-hybridized carbons (Fsp3) is 0.533. The number of rotatable bonds is 9. The summed E-state index contributed by atoms with van der Waals surface area (Å²) in [6, 6.07) is 12.4. The standard InChI is InChI=1S/C30H42Cl2N6O2/c1-33-29(39)35-17-21-3-7-37(8-4-21)19-23-11-24(13-25(12-23)26-14-27(31)16-28(32)15-26)20-38-9-5-22(6-10-38)18-36-30(40)34-2/h11-16,21-22H,3-10,17-20H2,1-2H3,(H2,33,35,39)(H2,34,36,40). The van der Waals surface area contributed by atoms with Gasteiger partial charge in [0.05, 0.1) is 0 Å². The molecule has 2 aliphatic rings. The SMILES string of the molecule is CNC(=O)NCC1CCN(Cc2cc(CN3CCC(CNC(=O)NC)CC3)cc(-c3cc(Cl)cc(Cl)c3)c2)CC1. The van der Waals surface area contributed by atoms with Crippen molar-refractivity contribution >= 4 is 35.3 Å². The van der Waals surface area contributed by atoms with Crippen molar-refractivity contribution in [2.45, 2.75) is 38.8 Å². The number of hydrogen-bond donors (Lipinski definition) is 4. The van der Waals surface area contributed by atoms with E-state index in [1.54, 1.807) is 20.2 Å². The average Bonchev–Trinajstić information content (AvgIpc) is 2.95. The van der Waals surface area contributed by atoms with E-state index < -0.39 is 0 Å². The summed E-state index contributed by atoms with van der Waals surface area (Å²) in [6.07, 6.45) is 4.29. The third-order valence-electron chi connectivity index (χ3n) is 8.03. The molecule has 0 aromatic heterocycles. The molecule has 0 atom stereocenters. The Kier molecular flexibility index (Phi) is 11.4. The molecule has 8 nitrogen and oxygen atoms in total. The summed E-state index contributed by atoms with van der Waals surface area (Å²) in [5.41, 5.74) is 4.73. The molecule has 0 unspecified atom stereocenters. The van der Waals surface area contributed by atoms with Gasteiger partial charge in [-0.1, -0.05) is 29.3 Å². The third kappa shape index (κ3) is 9.26. The molecule has 0 aliphatic carbocycles. The Morgan fingerprint density at radius 1 is 0.675 bits per heavy atom. The first kappa shape index (κ1) is 30.4. The lowest BCUT2D eigenvalue weighted by Gasteiger charge is -2.33. The Morgan fingerprint density at radius 3 is 1.48 bits per heavy atom. The number of nitrogens with one attached hydrogen (secondary N) is 4. The summed E-state index contributed by atoms with van der Waals surface area (Å²) < 4.78 is 0. The van der Waals surface area contributed by atoms with Crippen molar-refractivity contribution in [3.05, 3.63) is 57.6 Å². The zero-order valence-corrected chi connectivity index (χ0v) is 25.1. The van der Waals surface area contributed by atoms with Crippen LogP contribution in [0.2, 0.25) is 10.0 Å². The molecule has 10 heteroatoms. The molecule has 0 radical (unpaired) electrons. The molecule has 0 bridgehead atoms. The van der Waals surface area contributed by atoms with Crippen LogP contribution < -0.4 is 21.3 Å². The fourth-order valence-corrected chi connectivity index (χ4v) is 6.22. The number of nitrogens with zero attached hydrogens (tertiary/aromatic N) is 2. The van der Waals surface area contributed by atoms with Crippen LogP contribution in [0, 0.1) is 11.8 Å². The van der Waals surface area contributed by atoms with Gasteiger partial charge in [0.15, 0.2) is 0 Å². The van der Waals surface area contributed by atoms with Crippen molar-refractivity contribution in [1.29, 1.82) is 0 Å². The molecule has 4 N–H and O–H groups in total. The topological polar surface area (TPSA) is 88.7 Å². The van der Waals surface area contributed by atoms with Crippen molar-refractivity contribution in [1.82, 2.24) is 31.1 Å². The monoisotopic (exact) mass is 588 g/mol. The Balaban J connectivity index is 1.42. The lowest BCUT2D eigenvalue weighted by Crippen LogP contribution is -2.41. The zero-order valence-electron chi connectivity index (χ0n) is 23.6. The van der Waals surface area contributed by atoms with Gasteiger partial charge in [0.1, 0.15) is 0 Å². The molecule has 0 saturated carbocycles. The lowest BCUT2D eigenvalue weighted by atomic mass is 9.94. The molecule has 0 spiro atoms. The van der Waals surface area contributed by atoms with Crippen LogP contribution in [0.4, 0.5) is 9.59 Å². The quantitative estimate of drug-likeness (QED) is 0.334. The van der Waals surface area contributed by atoms with Crippen molar-refractivity contribution in [2.75, 3.05) is 53.4 Å². The molecule has 2 saturated heterocycles. The number of benzene rings is 2. The largest absolute Gasteiger partial charge is 0.341 e. The number of amides is 4. The first-order valence-corrected chi connectivity index (χ1v) is 15.0. The van der Waals surface area contributed by atoms with Crippen LogP contribution in [0.5, 0.6) is 0 Å². The second-order valence-electron chi connectivity index (χ2n) is 11.1. The van der Waals surface area contributed by atoms with Crippen molar-refractivity contribution in [3.8, 4) is 11.1 Å². The molecule has 4 amide bonds. The van der Waals surface area contributed by atoms with Crippen LogP contribution in [0.3, 0.4) is 0 Å². The second-order valence-corrected chi connectivity index (χ2v) is 11.9. The van der Waals surface area contributed by atoms with Crippen LogP contribution in [0.15, 0.2) is 36.4 Å². The summed E-state index contributed by atoms with van der Waals surface area (Å²) in [4.78, 5) is 28.1. The summed E-state index contributed by atoms with van der Waals surface area (Å²) >= 11 is 12.7. The van der Waals surface area contributed by atoms with Crippen LogP contribution in [0.25, 0.3) is 11.1 Å². The Labute approximate surface area is 248 Å². The highest BCUT2D eigenvalue weighted by atomic mass is 35.5. The maximum Gasteiger partial charge on any atom is 0.314 e. The van der Waals surface area contributed by atoms with Gasteiger partial charge >= 0.3 is 12.1 Å². The average molecular weight is 590 g/mol. The molecular formula is C30H42Cl2N6O2. The van der Waals surface area contributed by atoms with Crippen molar-refractivity contribution in [3.63, 3.8) is 0 Å². The van der Waals surface area contributed by atoms with Gasteiger partial charge in [0.25, 0.3) is 0 Å². The Morgan fingerprint density at radius 2 is 1.07 bits per heavy atom. The van der Waals surface area contributed by atoms with E-state index in [1.807, 2.05) is 12.1 Å². The molecule has 218 valence electrons. The Bertz CT molecular complexity index is 1070. The first-order chi connectivity index (χ1) is 19.3. The van der Waals surface area contributed by atoms with E-state index >= 15 is 0 Å². The van der Waals surface area contributed by atoms with Gasteiger partial charge in [0, 0.05) is 50.3 Å². The lowest BCUT2D eigenvalue weighted by molar-refractivity contribution is 0.173. The number of carbonyl (C=O) groups is 2. The maximum absolute atomic E-state index is 11.5. The molecule has 2 heterocycles. The van der Waals surface area contributed by atoms with Gasteiger partial charge in [-0.15, -0.1) is 0 Å². The van der Waals surface area contributed by atoms with Crippen LogP contribution in [-0.2, 0) is 13.1 Å². The molecule has 2 fully saturated rings. The van der Waals surface area contributed by atoms with Crippen LogP contribution in [-0.4, -0.2) is 75.2 Å². The third-order valence-corrected chi connectivity index (χ3v) is 8.47. The predicted molar refractivity (Wildman–Crippen MR) is 163 cm³/mol. The number of piperidine rings is 2. The second kappa shape index (κ2) is 14.9. The van der Waals surface area contributed by atoms with Gasteiger partial charge in [-0.05, 0) is 116 Å². The molecule has 2 aromatic rings. The highest BCUT2D eigenvalue weighted by Crippen LogP contribution is 2.30. The minimum absolute atomic E-state index is 0.113. The van der Waals surface area contributed by atoms with E-state index in [0.717, 1.165) is 89.2 Å². The predicted octanol–water partition coefficient (Wildman–Crippen LogP) is 4.94. The maximum atomic E-state index is 11.5. The van der Waals surface area contributed by atoms with Gasteiger partial charge in [0.2, 0.25) is 0 Å². The molecule has 2 aliphatic heterocycles. The minimum Gasteiger partial charge on any atom is -0.341 e. The fourth-order valence-electron chi connectivity index (χ4n) is 5.70. The van der Waals surface area contributed by atoms with E-state index in [2.05, 4.69) is 49.3 Å². The number of hydrogen-bond acceptors (Lipinski definition) is 4. The number of urea groups is 2. The first-order valence-electron chi connectivity index (χ1n) is 14.3. The summed E-state index contributed by atoms with van der Waals surface area (Å²) in [5.74, 6) is 1.03. The van der Waals surface area contributed by atoms with Crippen LogP contribution in [0.1, 0.15) is 36.8 Å². The van der Waals surface area contributed by atoms with E-state index in [1.165, 1.54) is 11.1 Å². The van der Waals surface area contributed by atoms with E-state index in [0.29, 0.717) is 21.9 Å². The van der Waals surface area contributed by atoms with Crippen LogP contribution >= 0.6 is 23.2 Å². The van der Waals surface area contributed by atoms with E-state index in [9.17, 15) is 9.59 Å². The minimum atomic E-state index is -0.113. The molecule has 4 rings (SSSR count). The van der Waals surface area contributed by atoms with E-state index in [4.69, 9.17) is 23.2 Å². The molecule has 40 heavy (non-hydrogen) atoms. The van der Waals surface area contributed by atoms with Crippen molar-refractivity contribution in [2.24, 2.45) is 11.8 Å². The Hall–Kier alpha value is -2.52. The highest BCUT2D eigenvalue weighted by molar-refractivity contribution is 6.35. The van der Waals surface area contributed by atoms with Gasteiger partial charge in [-0.3, -0.25) is 9.80 Å². The zero-order chi connectivity index (χ0) is 28.5. The van der Waals surface area contributed by atoms with Crippen molar-refractivity contribution < 1.29 is 9.59 Å². The number of carbonyl (C=O) groups excluding carboxylic acids is 2. The summed E-state index contributed by atoms with van der Waals surface area (Å²) in [5, 5.41) is 12.4. The number of likely N-dealkylation sites (tertiary alicyclic amines) is 2. The molecule has 2 aromatic carbocycles. The molecular weight excluding hydrogens is 547 g/mol. The summed E-state index contributed by atoms with van der Waals surface area (Å²) in [6.45, 7) is 7.28. The highest BCUT2D eigenvalue weighted by Gasteiger charge is 2.22. The number of halogens is 2. The normalized spacial score (nSPS) is 17.4. The van der Waals surface area contributed by atoms with E-state index in [-0.39, 0.29) is 12.1 Å². The van der Waals surface area contributed by atoms with Gasteiger partial charge < -0.3 is 21.3 Å². The smallest absolute Gasteiger partial charge is 0.314 e. The summed E-state index contributed by atoms with van der Waals surface area (Å²) in [7, 11) is 3.29. The van der Waals surface area contributed by atoms with Gasteiger partial charge in [-0.25, -0.2) is 9.59 Å². The van der Waals surface area contributed by atoms with Gasteiger partial charge in [-0.2, -0.15) is 0 Å².